The highest BCUT2D eigenvalue weighted by Crippen LogP contribution is 2.29. The van der Waals surface area contributed by atoms with Crippen molar-refractivity contribution in [2.24, 2.45) is 7.05 Å². The second-order valence-corrected chi connectivity index (χ2v) is 7.95. The van der Waals surface area contributed by atoms with Gasteiger partial charge in [0.05, 0.1) is 10.6 Å². The third-order valence-electron chi connectivity index (χ3n) is 4.90. The van der Waals surface area contributed by atoms with E-state index in [1.807, 2.05) is 24.4 Å². The first-order chi connectivity index (χ1) is 13.5. The maximum absolute atomic E-state index is 12.9. The van der Waals surface area contributed by atoms with Crippen molar-refractivity contribution in [3.63, 3.8) is 0 Å². The molecule has 0 saturated carbocycles. The summed E-state index contributed by atoms with van der Waals surface area (Å²) in [6, 6.07) is 8.93. The van der Waals surface area contributed by atoms with Crippen LogP contribution < -0.4 is 5.56 Å². The minimum Gasteiger partial charge on any atom is -0.337 e. The molecule has 0 N–H and O–H groups in total. The van der Waals surface area contributed by atoms with E-state index in [4.69, 9.17) is 4.98 Å². The van der Waals surface area contributed by atoms with Crippen molar-refractivity contribution in [2.75, 3.05) is 13.1 Å². The number of likely N-dealkylation sites (tertiary alicyclic amines) is 1. The average Bonchev–Trinajstić information content (AvgIpc) is 3.24. The number of hydrogen-bond acceptors (Lipinski definition) is 6. The lowest BCUT2D eigenvalue weighted by atomic mass is 9.96. The Bertz CT molecular complexity index is 1060. The summed E-state index contributed by atoms with van der Waals surface area (Å²) in [5, 5.41) is 6.13. The van der Waals surface area contributed by atoms with Crippen LogP contribution in [0.4, 0.5) is 0 Å². The zero-order valence-electron chi connectivity index (χ0n) is 15.8. The van der Waals surface area contributed by atoms with Gasteiger partial charge in [0, 0.05) is 37.8 Å². The van der Waals surface area contributed by atoms with Gasteiger partial charge in [-0.05, 0) is 43.3 Å². The van der Waals surface area contributed by atoms with Gasteiger partial charge in [-0.25, -0.2) is 14.6 Å². The van der Waals surface area contributed by atoms with Crippen LogP contribution in [0.15, 0.2) is 40.5 Å². The molecule has 3 aromatic heterocycles. The van der Waals surface area contributed by atoms with Gasteiger partial charge in [0.2, 0.25) is 0 Å². The predicted octanol–water partition coefficient (Wildman–Crippen LogP) is 2.63. The number of aryl methyl sites for hydroxylation is 2. The SMILES string of the molecule is Cc1cc(-c2cccs2)nc([C@@H]2CCCN(C(=O)c3ccc(=O)n(C)n3)C2)n1. The second-order valence-electron chi connectivity index (χ2n) is 7.00. The molecule has 144 valence electrons. The largest absolute Gasteiger partial charge is 0.337 e. The molecule has 0 bridgehead atoms. The van der Waals surface area contributed by atoms with Gasteiger partial charge < -0.3 is 4.90 Å². The molecule has 1 saturated heterocycles. The first kappa shape index (κ1) is 18.5. The zero-order chi connectivity index (χ0) is 19.7. The molecular weight excluding hydrogens is 374 g/mol. The summed E-state index contributed by atoms with van der Waals surface area (Å²) in [7, 11) is 1.55. The Morgan fingerprint density at radius 1 is 1.25 bits per heavy atom. The van der Waals surface area contributed by atoms with Crippen molar-refractivity contribution in [1.82, 2.24) is 24.6 Å². The standard InChI is InChI=1S/C20H21N5O2S/c1-13-11-16(17-6-4-10-28-17)22-19(21-13)14-5-3-9-25(12-14)20(27)15-7-8-18(26)24(2)23-15/h4,6-8,10-11,14H,3,5,9,12H2,1-2H3/t14-/m1/s1. The third kappa shape index (κ3) is 3.73. The summed E-state index contributed by atoms with van der Waals surface area (Å²) in [4.78, 5) is 36.7. The molecule has 4 heterocycles. The summed E-state index contributed by atoms with van der Waals surface area (Å²) in [6.07, 6.45) is 1.83. The van der Waals surface area contributed by atoms with E-state index < -0.39 is 0 Å². The lowest BCUT2D eigenvalue weighted by molar-refractivity contribution is 0.0696. The molecule has 0 aromatic carbocycles. The average molecular weight is 395 g/mol. The number of nitrogens with zero attached hydrogens (tertiary/aromatic N) is 5. The van der Waals surface area contributed by atoms with E-state index >= 15 is 0 Å². The second kappa shape index (κ2) is 7.63. The van der Waals surface area contributed by atoms with Gasteiger partial charge >= 0.3 is 0 Å². The summed E-state index contributed by atoms with van der Waals surface area (Å²) in [5.74, 6) is 0.713. The van der Waals surface area contributed by atoms with Crippen LogP contribution in [0.1, 0.15) is 40.8 Å². The van der Waals surface area contributed by atoms with Crippen LogP contribution in [0, 0.1) is 6.92 Å². The minimum atomic E-state index is -0.234. The van der Waals surface area contributed by atoms with E-state index in [1.165, 1.54) is 16.8 Å². The van der Waals surface area contributed by atoms with Crippen LogP contribution in [0.2, 0.25) is 0 Å². The van der Waals surface area contributed by atoms with Crippen LogP contribution >= 0.6 is 11.3 Å². The van der Waals surface area contributed by atoms with Crippen molar-refractivity contribution >= 4 is 17.2 Å². The van der Waals surface area contributed by atoms with E-state index in [2.05, 4.69) is 16.1 Å². The fourth-order valence-electron chi connectivity index (χ4n) is 3.48. The highest BCUT2D eigenvalue weighted by molar-refractivity contribution is 7.13. The first-order valence-electron chi connectivity index (χ1n) is 9.24. The van der Waals surface area contributed by atoms with Gasteiger partial charge in [-0.15, -0.1) is 11.3 Å². The number of amides is 1. The molecule has 1 amide bonds. The molecule has 4 rings (SSSR count). The van der Waals surface area contributed by atoms with Crippen molar-refractivity contribution in [3.8, 4) is 10.6 Å². The minimum absolute atomic E-state index is 0.0869. The van der Waals surface area contributed by atoms with Crippen LogP contribution in [0.5, 0.6) is 0 Å². The summed E-state index contributed by atoms with van der Waals surface area (Å²) in [6.45, 7) is 3.20. The Balaban J connectivity index is 1.58. The number of piperidine rings is 1. The molecule has 0 aliphatic carbocycles. The van der Waals surface area contributed by atoms with E-state index in [0.29, 0.717) is 13.1 Å². The molecule has 8 heteroatoms. The Labute approximate surface area is 166 Å². The van der Waals surface area contributed by atoms with Gasteiger partial charge in [0.15, 0.2) is 0 Å². The van der Waals surface area contributed by atoms with Crippen LogP contribution in [0.25, 0.3) is 10.6 Å². The molecule has 1 atom stereocenters. The van der Waals surface area contributed by atoms with E-state index in [-0.39, 0.29) is 23.1 Å². The number of aromatic nitrogens is 4. The van der Waals surface area contributed by atoms with Gasteiger partial charge in [0.25, 0.3) is 11.5 Å². The Morgan fingerprint density at radius 2 is 2.11 bits per heavy atom. The molecule has 0 radical (unpaired) electrons. The van der Waals surface area contributed by atoms with Gasteiger partial charge in [-0.3, -0.25) is 9.59 Å². The lowest BCUT2D eigenvalue weighted by Crippen LogP contribution is -2.40. The van der Waals surface area contributed by atoms with Crippen molar-refractivity contribution < 1.29 is 4.79 Å². The molecular formula is C20H21N5O2S. The first-order valence-corrected chi connectivity index (χ1v) is 10.1. The quantitative estimate of drug-likeness (QED) is 0.681. The fraction of sp³-hybridized carbons (Fsp3) is 0.350. The van der Waals surface area contributed by atoms with Gasteiger partial charge in [-0.2, -0.15) is 5.10 Å². The predicted molar refractivity (Wildman–Crippen MR) is 107 cm³/mol. The van der Waals surface area contributed by atoms with E-state index in [1.54, 1.807) is 23.3 Å². The number of thiophene rings is 1. The highest BCUT2D eigenvalue weighted by atomic mass is 32.1. The number of carbonyl (C=O) groups is 1. The van der Waals surface area contributed by atoms with Gasteiger partial charge in [-0.1, -0.05) is 6.07 Å². The Morgan fingerprint density at radius 3 is 2.86 bits per heavy atom. The van der Waals surface area contributed by atoms with Crippen LogP contribution in [-0.4, -0.2) is 43.6 Å². The molecule has 1 aliphatic heterocycles. The molecule has 7 nitrogen and oxygen atoms in total. The fourth-order valence-corrected chi connectivity index (χ4v) is 4.16. The van der Waals surface area contributed by atoms with E-state index in [0.717, 1.165) is 34.9 Å². The molecule has 3 aromatic rings. The van der Waals surface area contributed by atoms with E-state index in [9.17, 15) is 9.59 Å². The van der Waals surface area contributed by atoms with Crippen molar-refractivity contribution in [3.05, 3.63) is 63.3 Å². The summed E-state index contributed by atoms with van der Waals surface area (Å²) >= 11 is 1.65. The van der Waals surface area contributed by atoms with Crippen molar-refractivity contribution in [1.29, 1.82) is 0 Å². The maximum atomic E-state index is 12.9. The molecule has 0 unspecified atom stereocenters. The normalized spacial score (nSPS) is 16.9. The molecule has 1 fully saturated rings. The highest BCUT2D eigenvalue weighted by Gasteiger charge is 2.28. The summed E-state index contributed by atoms with van der Waals surface area (Å²) < 4.78 is 1.19. The smallest absolute Gasteiger partial charge is 0.274 e. The summed E-state index contributed by atoms with van der Waals surface area (Å²) in [5.41, 5.74) is 1.91. The van der Waals surface area contributed by atoms with Crippen LogP contribution in [0.3, 0.4) is 0 Å². The maximum Gasteiger partial charge on any atom is 0.274 e. The molecule has 28 heavy (non-hydrogen) atoms. The molecule has 0 spiro atoms. The molecule has 1 aliphatic rings. The number of hydrogen-bond donors (Lipinski definition) is 0. The topological polar surface area (TPSA) is 81.0 Å². The van der Waals surface area contributed by atoms with Crippen molar-refractivity contribution in [2.45, 2.75) is 25.7 Å². The monoisotopic (exact) mass is 395 g/mol. The lowest BCUT2D eigenvalue weighted by Gasteiger charge is -2.32. The van der Waals surface area contributed by atoms with Crippen LogP contribution in [-0.2, 0) is 7.05 Å². The number of rotatable bonds is 3. The Hall–Kier alpha value is -2.87. The third-order valence-corrected chi connectivity index (χ3v) is 5.79. The number of carbonyl (C=O) groups excluding carboxylic acids is 1. The zero-order valence-corrected chi connectivity index (χ0v) is 16.6. The van der Waals surface area contributed by atoms with Gasteiger partial charge in [0.1, 0.15) is 11.5 Å². The Kier molecular flexibility index (Phi) is 5.04.